The Labute approximate surface area is 254 Å². The van der Waals surface area contributed by atoms with Crippen molar-refractivity contribution in [3.63, 3.8) is 0 Å². The Kier molecular flexibility index (Phi) is 9.24. The van der Waals surface area contributed by atoms with E-state index in [-0.39, 0.29) is 30.0 Å². The molecule has 1 aromatic heterocycles. The number of carboxylic acid groups (broad SMARTS) is 1. The fraction of sp³-hybridized carbons (Fsp3) is 0.645. The van der Waals surface area contributed by atoms with Crippen molar-refractivity contribution in [1.29, 1.82) is 0 Å². The van der Waals surface area contributed by atoms with Crippen molar-refractivity contribution in [3.8, 4) is 11.6 Å². The van der Waals surface area contributed by atoms with Crippen LogP contribution in [0.2, 0.25) is 0 Å². The third-order valence-electron chi connectivity index (χ3n) is 9.22. The molecule has 2 N–H and O–H groups in total. The van der Waals surface area contributed by atoms with Crippen LogP contribution in [0.4, 0.5) is 13.6 Å². The zero-order chi connectivity index (χ0) is 31.8. The third-order valence-corrected chi connectivity index (χ3v) is 9.22. The van der Waals surface area contributed by atoms with Gasteiger partial charge < -0.3 is 29.5 Å². The molecule has 2 amide bonds. The smallest absolute Gasteiger partial charge is 0.405 e. The van der Waals surface area contributed by atoms with Crippen LogP contribution in [-0.4, -0.2) is 83.3 Å². The first kappa shape index (κ1) is 31.8. The molecule has 0 bridgehead atoms. The summed E-state index contributed by atoms with van der Waals surface area (Å²) >= 11 is 0. The summed E-state index contributed by atoms with van der Waals surface area (Å²) < 4.78 is 48.5. The molecule has 5 rings (SSSR count). The molecule has 1 saturated heterocycles. The molecule has 2 heterocycles. The fourth-order valence-electron chi connectivity index (χ4n) is 6.66. The van der Waals surface area contributed by atoms with Gasteiger partial charge >= 0.3 is 12.0 Å². The highest BCUT2D eigenvalue weighted by Crippen LogP contribution is 2.56. The van der Waals surface area contributed by atoms with E-state index in [0.717, 1.165) is 18.8 Å². The number of aromatic nitrogens is 2. The Hall–Kier alpha value is -3.61. The van der Waals surface area contributed by atoms with Crippen molar-refractivity contribution < 1.29 is 42.5 Å². The van der Waals surface area contributed by atoms with Gasteiger partial charge in [-0.2, -0.15) is 8.78 Å². The van der Waals surface area contributed by atoms with E-state index in [1.165, 1.54) is 30.9 Å². The largest absolute Gasteiger partial charge is 0.497 e. The second-order valence-electron chi connectivity index (χ2n) is 12.5. The summed E-state index contributed by atoms with van der Waals surface area (Å²) in [5.41, 5.74) is -0.226. The summed E-state index contributed by atoms with van der Waals surface area (Å²) in [6, 6.07) is 3.74. The van der Waals surface area contributed by atoms with Crippen LogP contribution in [0.3, 0.4) is 0 Å². The molecule has 3 aliphatic rings. The molecule has 2 saturated carbocycles. The van der Waals surface area contributed by atoms with Gasteiger partial charge in [0.25, 0.3) is 0 Å². The number of fused-ring (bicyclic) bond motifs is 2. The Morgan fingerprint density at radius 2 is 1.95 bits per heavy atom. The van der Waals surface area contributed by atoms with Crippen LogP contribution in [0.5, 0.6) is 11.6 Å². The van der Waals surface area contributed by atoms with Crippen LogP contribution in [0.1, 0.15) is 52.1 Å². The Morgan fingerprint density at radius 3 is 2.59 bits per heavy atom. The van der Waals surface area contributed by atoms with E-state index in [9.17, 15) is 14.4 Å². The number of carbonyl (C=O) groups is 3. The number of Topliss-reactive ketones (excluding diaryl/α,β-unsaturated/α-hetero) is 1. The van der Waals surface area contributed by atoms with E-state index in [1.54, 1.807) is 32.9 Å². The van der Waals surface area contributed by atoms with E-state index < -0.39 is 66.6 Å². The number of amides is 2. The van der Waals surface area contributed by atoms with E-state index >= 15 is 8.78 Å². The molecular weight excluding hydrogens is 578 g/mol. The predicted molar refractivity (Wildman–Crippen MR) is 155 cm³/mol. The predicted octanol–water partition coefficient (Wildman–Crippen LogP) is 4.27. The standard InChI is InChI=1S/C31H40F2N4O7/c1-16(2)27(39)26-17(3)24(14-37(26)25(38)13-34-30(40)41)44-29-28(35-22-8-7-20(42-4)12-23(22)36-29)31(32,33)15-43-10-9-18-5-6-19-11-21(18)19/h7-8,12,16-19,21,24,26,34H,5-6,9-11,13-15H2,1-4H3,(H,40,41)/t17-,18-,19?,21?,24?,26+/m1/s1. The number of hydrogen-bond donors (Lipinski definition) is 2. The highest BCUT2D eigenvalue weighted by Gasteiger charge is 2.49. The first-order valence-electron chi connectivity index (χ1n) is 15.2. The number of nitrogens with one attached hydrogen (secondary N) is 1. The number of likely N-dealkylation sites (tertiary alicyclic amines) is 1. The number of benzene rings is 1. The molecular formula is C31H40F2N4O7. The first-order valence-corrected chi connectivity index (χ1v) is 15.2. The maximum absolute atomic E-state index is 15.8. The van der Waals surface area contributed by atoms with Gasteiger partial charge in [-0.25, -0.2) is 14.8 Å². The lowest BCUT2D eigenvalue weighted by Gasteiger charge is -2.26. The number of halogens is 2. The minimum Gasteiger partial charge on any atom is -0.497 e. The highest BCUT2D eigenvalue weighted by atomic mass is 19.3. The Bertz CT molecular complexity index is 1410. The van der Waals surface area contributed by atoms with Gasteiger partial charge in [-0.3, -0.25) is 9.59 Å². The van der Waals surface area contributed by atoms with Gasteiger partial charge in [0.15, 0.2) is 11.5 Å². The van der Waals surface area contributed by atoms with Crippen LogP contribution in [-0.2, 0) is 20.2 Å². The lowest BCUT2D eigenvalue weighted by Crippen LogP contribution is -2.48. The summed E-state index contributed by atoms with van der Waals surface area (Å²) in [5.74, 6) is -3.41. The van der Waals surface area contributed by atoms with Gasteiger partial charge in [-0.05, 0) is 55.6 Å². The number of rotatable bonds is 13. The molecule has 13 heteroatoms. The maximum Gasteiger partial charge on any atom is 0.405 e. The van der Waals surface area contributed by atoms with Crippen LogP contribution in [0.15, 0.2) is 18.2 Å². The number of methoxy groups -OCH3 is 1. The second-order valence-corrected chi connectivity index (χ2v) is 12.5. The number of alkyl halides is 2. The summed E-state index contributed by atoms with van der Waals surface area (Å²) in [6.07, 6.45) is 2.03. The topological polar surface area (TPSA) is 140 Å². The minimum absolute atomic E-state index is 0.132. The molecule has 240 valence electrons. The van der Waals surface area contributed by atoms with Gasteiger partial charge in [0.2, 0.25) is 11.8 Å². The second kappa shape index (κ2) is 12.8. The molecule has 44 heavy (non-hydrogen) atoms. The number of nitrogens with zero attached hydrogens (tertiary/aromatic N) is 3. The third kappa shape index (κ3) is 6.72. The molecule has 3 fully saturated rings. The highest BCUT2D eigenvalue weighted by molar-refractivity contribution is 5.92. The van der Waals surface area contributed by atoms with E-state index in [2.05, 4.69) is 9.97 Å². The number of hydrogen-bond acceptors (Lipinski definition) is 8. The van der Waals surface area contributed by atoms with Crippen LogP contribution < -0.4 is 14.8 Å². The Balaban J connectivity index is 1.40. The van der Waals surface area contributed by atoms with Crippen molar-refractivity contribution in [1.82, 2.24) is 20.2 Å². The van der Waals surface area contributed by atoms with Gasteiger partial charge in [0.1, 0.15) is 25.0 Å². The SMILES string of the molecule is COc1ccc2nc(C(F)(F)COCC[C@H]3CCC4CC43)c(OC3CN(C(=O)CNC(=O)O)[C@H](C(=O)C(C)C)[C@@H]3C)nc2c1. The molecule has 0 spiro atoms. The average molecular weight is 619 g/mol. The fourth-order valence-corrected chi connectivity index (χ4v) is 6.66. The van der Waals surface area contributed by atoms with Gasteiger partial charge in [-0.15, -0.1) is 0 Å². The zero-order valence-electron chi connectivity index (χ0n) is 25.4. The number of ether oxygens (including phenoxy) is 3. The normalized spacial score (nSPS) is 26.1. The van der Waals surface area contributed by atoms with Crippen molar-refractivity contribution in [2.24, 2.45) is 29.6 Å². The maximum atomic E-state index is 15.8. The molecule has 2 aromatic rings. The van der Waals surface area contributed by atoms with Crippen molar-refractivity contribution in [3.05, 3.63) is 23.9 Å². The quantitative estimate of drug-likeness (QED) is 0.315. The molecule has 1 aliphatic heterocycles. The van der Waals surface area contributed by atoms with E-state index in [0.29, 0.717) is 17.6 Å². The van der Waals surface area contributed by atoms with Crippen LogP contribution in [0, 0.1) is 29.6 Å². The van der Waals surface area contributed by atoms with E-state index in [1.807, 2.05) is 5.32 Å². The molecule has 0 radical (unpaired) electrons. The summed E-state index contributed by atoms with van der Waals surface area (Å²) in [4.78, 5) is 47.1. The average Bonchev–Trinajstić information content (AvgIpc) is 3.55. The monoisotopic (exact) mass is 618 g/mol. The van der Waals surface area contributed by atoms with Crippen LogP contribution >= 0.6 is 0 Å². The van der Waals surface area contributed by atoms with Gasteiger partial charge in [0, 0.05) is 24.5 Å². The van der Waals surface area contributed by atoms with E-state index in [4.69, 9.17) is 19.3 Å². The lowest BCUT2D eigenvalue weighted by molar-refractivity contribution is -0.138. The molecule has 11 nitrogen and oxygen atoms in total. The summed E-state index contributed by atoms with van der Waals surface area (Å²) in [7, 11) is 1.47. The van der Waals surface area contributed by atoms with Crippen molar-refractivity contribution in [2.75, 3.05) is 33.4 Å². The molecule has 1 aromatic carbocycles. The minimum atomic E-state index is -3.55. The molecule has 2 aliphatic carbocycles. The summed E-state index contributed by atoms with van der Waals surface area (Å²) in [6.45, 7) is 3.72. The lowest BCUT2D eigenvalue weighted by atomic mass is 9.91. The number of carbonyl (C=O) groups excluding carboxylic acids is 2. The molecule has 3 unspecified atom stereocenters. The van der Waals surface area contributed by atoms with Crippen molar-refractivity contribution in [2.45, 2.75) is 64.5 Å². The van der Waals surface area contributed by atoms with Gasteiger partial charge in [0.05, 0.1) is 30.7 Å². The number of ketones is 1. The van der Waals surface area contributed by atoms with Crippen molar-refractivity contribution >= 4 is 28.8 Å². The molecule has 6 atom stereocenters. The van der Waals surface area contributed by atoms with Crippen LogP contribution in [0.25, 0.3) is 11.0 Å². The van der Waals surface area contributed by atoms with Gasteiger partial charge in [-0.1, -0.05) is 20.8 Å². The Morgan fingerprint density at radius 1 is 1.18 bits per heavy atom. The summed E-state index contributed by atoms with van der Waals surface area (Å²) in [5, 5.41) is 11.0. The first-order chi connectivity index (χ1) is 20.9. The zero-order valence-corrected chi connectivity index (χ0v) is 25.4.